The molecular formula is C21H39N3O5S2. The molecule has 0 aromatic carbocycles. The van der Waals surface area contributed by atoms with Crippen LogP contribution in [0.3, 0.4) is 0 Å². The number of imide groups is 1. The van der Waals surface area contributed by atoms with E-state index in [0.717, 1.165) is 4.90 Å². The van der Waals surface area contributed by atoms with Crippen LogP contribution in [0.4, 0.5) is 0 Å². The third kappa shape index (κ3) is 12.4. The van der Waals surface area contributed by atoms with E-state index in [4.69, 9.17) is 4.74 Å². The van der Waals surface area contributed by atoms with Crippen LogP contribution in [-0.2, 0) is 23.9 Å². The van der Waals surface area contributed by atoms with Gasteiger partial charge in [-0.1, -0.05) is 33.1 Å². The van der Waals surface area contributed by atoms with E-state index in [1.165, 1.54) is 6.42 Å². The maximum Gasteiger partial charge on any atom is 0.242 e. The standard InChI is InChI=1S/C18H31N3O5S2.C3H8/c1-17(2,8-10-26-18(3,4)7-5-14(23)20-28)19-13(22)6-9-21-15(24)11-12(27)16(21)25;1-3-2/h12,27-28H,5-11H2,1-4H3,(H,19,22)(H,20,23);3H2,1-2H3. The number of hydrogen-bond donors (Lipinski definition) is 4. The van der Waals surface area contributed by atoms with Crippen LogP contribution < -0.4 is 10.0 Å². The second kappa shape index (κ2) is 14.0. The first-order chi connectivity index (χ1) is 14.3. The quantitative estimate of drug-likeness (QED) is 0.271. The molecule has 1 saturated heterocycles. The van der Waals surface area contributed by atoms with Crippen LogP contribution in [0.2, 0.25) is 0 Å². The number of hydrogen-bond acceptors (Lipinski definition) is 7. The average molecular weight is 478 g/mol. The molecule has 0 aliphatic carbocycles. The van der Waals surface area contributed by atoms with Gasteiger partial charge < -0.3 is 14.8 Å². The Kier molecular flexibility index (Phi) is 13.4. The van der Waals surface area contributed by atoms with Gasteiger partial charge in [-0.2, -0.15) is 12.6 Å². The van der Waals surface area contributed by atoms with Gasteiger partial charge in [-0.25, -0.2) is 0 Å². The number of ether oxygens (including phenoxy) is 1. The van der Waals surface area contributed by atoms with Crippen molar-refractivity contribution in [3.05, 3.63) is 0 Å². The topological polar surface area (TPSA) is 105 Å². The highest BCUT2D eigenvalue weighted by Gasteiger charge is 2.36. The van der Waals surface area contributed by atoms with Gasteiger partial charge in [-0.3, -0.25) is 24.1 Å². The molecule has 2 N–H and O–H groups in total. The van der Waals surface area contributed by atoms with Gasteiger partial charge in [0.2, 0.25) is 23.6 Å². The summed E-state index contributed by atoms with van der Waals surface area (Å²) in [7, 11) is 0. The molecule has 31 heavy (non-hydrogen) atoms. The molecule has 0 spiro atoms. The molecule has 10 heteroatoms. The molecular weight excluding hydrogens is 438 g/mol. The van der Waals surface area contributed by atoms with Crippen LogP contribution >= 0.6 is 25.4 Å². The Labute approximate surface area is 197 Å². The Morgan fingerprint density at radius 3 is 2.16 bits per heavy atom. The van der Waals surface area contributed by atoms with Crippen LogP contribution in [0.5, 0.6) is 0 Å². The lowest BCUT2D eigenvalue weighted by Crippen LogP contribution is -2.46. The summed E-state index contributed by atoms with van der Waals surface area (Å²) in [5.74, 6) is -1.04. The number of carbonyl (C=O) groups is 4. The van der Waals surface area contributed by atoms with Crippen molar-refractivity contribution in [2.45, 2.75) is 96.5 Å². The number of nitrogens with zero attached hydrogens (tertiary/aromatic N) is 1. The lowest BCUT2D eigenvalue weighted by Gasteiger charge is -2.30. The number of amides is 4. The Morgan fingerprint density at radius 1 is 1.10 bits per heavy atom. The van der Waals surface area contributed by atoms with Crippen molar-refractivity contribution >= 4 is 49.1 Å². The van der Waals surface area contributed by atoms with Crippen molar-refractivity contribution < 1.29 is 23.9 Å². The highest BCUT2D eigenvalue weighted by molar-refractivity contribution is 7.81. The lowest BCUT2D eigenvalue weighted by atomic mass is 9.99. The second-order valence-corrected chi connectivity index (χ2v) is 9.73. The van der Waals surface area contributed by atoms with Crippen molar-refractivity contribution in [2.24, 2.45) is 0 Å². The first-order valence-corrected chi connectivity index (χ1v) is 11.6. The molecule has 1 rings (SSSR count). The Hall–Kier alpha value is -1.26. The fourth-order valence-electron chi connectivity index (χ4n) is 2.74. The number of likely N-dealkylation sites (tertiary alicyclic amines) is 1. The monoisotopic (exact) mass is 477 g/mol. The minimum absolute atomic E-state index is 0.0482. The zero-order valence-corrected chi connectivity index (χ0v) is 21.4. The highest BCUT2D eigenvalue weighted by Crippen LogP contribution is 2.20. The van der Waals surface area contributed by atoms with E-state index < -0.39 is 16.4 Å². The molecule has 1 atom stereocenters. The van der Waals surface area contributed by atoms with E-state index in [-0.39, 0.29) is 43.0 Å². The van der Waals surface area contributed by atoms with E-state index in [0.29, 0.717) is 25.9 Å². The van der Waals surface area contributed by atoms with Gasteiger partial charge in [0.05, 0.1) is 10.9 Å². The molecule has 1 unspecified atom stereocenters. The lowest BCUT2D eigenvalue weighted by molar-refractivity contribution is -0.138. The molecule has 0 aromatic rings. The van der Waals surface area contributed by atoms with Crippen molar-refractivity contribution in [1.29, 1.82) is 0 Å². The van der Waals surface area contributed by atoms with Crippen molar-refractivity contribution in [2.75, 3.05) is 13.2 Å². The van der Waals surface area contributed by atoms with Gasteiger partial charge in [0, 0.05) is 38.0 Å². The van der Waals surface area contributed by atoms with E-state index in [1.54, 1.807) is 0 Å². The van der Waals surface area contributed by atoms with E-state index in [2.05, 4.69) is 49.3 Å². The second-order valence-electron chi connectivity index (χ2n) is 8.89. The third-order valence-corrected chi connectivity index (χ3v) is 5.21. The highest BCUT2D eigenvalue weighted by atomic mass is 32.1. The number of carbonyl (C=O) groups excluding carboxylic acids is 4. The maximum atomic E-state index is 12.2. The molecule has 1 aliphatic heterocycles. The molecule has 0 radical (unpaired) electrons. The van der Waals surface area contributed by atoms with E-state index >= 15 is 0 Å². The SMILES string of the molecule is CC(C)(CCOC(C)(C)CCC(=O)NS)NC(=O)CCN1C(=O)CC(S)C1=O.CCC. The summed E-state index contributed by atoms with van der Waals surface area (Å²) >= 11 is 7.78. The van der Waals surface area contributed by atoms with Crippen LogP contribution in [0.1, 0.15) is 80.1 Å². The molecule has 1 aliphatic rings. The summed E-state index contributed by atoms with van der Waals surface area (Å²) in [6.45, 7) is 12.3. The van der Waals surface area contributed by atoms with Gasteiger partial charge in [0.15, 0.2) is 0 Å². The molecule has 8 nitrogen and oxygen atoms in total. The van der Waals surface area contributed by atoms with Gasteiger partial charge in [0.25, 0.3) is 0 Å². The number of rotatable bonds is 11. The predicted molar refractivity (Wildman–Crippen MR) is 128 cm³/mol. The fraction of sp³-hybridized carbons (Fsp3) is 0.810. The minimum atomic E-state index is -0.605. The molecule has 0 aromatic heterocycles. The first-order valence-electron chi connectivity index (χ1n) is 10.7. The van der Waals surface area contributed by atoms with Gasteiger partial charge in [0.1, 0.15) is 0 Å². The van der Waals surface area contributed by atoms with Crippen LogP contribution in [0.25, 0.3) is 0 Å². The smallest absolute Gasteiger partial charge is 0.242 e. The predicted octanol–water partition coefficient (Wildman–Crippen LogP) is 2.67. The molecule has 1 fully saturated rings. The average Bonchev–Trinajstić information content (AvgIpc) is 2.89. The minimum Gasteiger partial charge on any atom is -0.375 e. The van der Waals surface area contributed by atoms with Gasteiger partial charge in [-0.05, 0) is 40.5 Å². The van der Waals surface area contributed by atoms with Crippen molar-refractivity contribution in [1.82, 2.24) is 14.9 Å². The van der Waals surface area contributed by atoms with Gasteiger partial charge >= 0.3 is 0 Å². The zero-order chi connectivity index (χ0) is 24.2. The number of nitrogens with one attached hydrogen (secondary N) is 2. The number of thiol groups is 2. The van der Waals surface area contributed by atoms with Crippen LogP contribution in [-0.4, -0.2) is 58.1 Å². The first kappa shape index (κ1) is 29.7. The summed E-state index contributed by atoms with van der Waals surface area (Å²) in [6, 6.07) is 0. The van der Waals surface area contributed by atoms with Crippen molar-refractivity contribution in [3.63, 3.8) is 0 Å². The Bertz CT molecular complexity index is 626. The van der Waals surface area contributed by atoms with Gasteiger partial charge in [-0.15, -0.1) is 0 Å². The normalized spacial score (nSPS) is 16.6. The van der Waals surface area contributed by atoms with Crippen LogP contribution in [0.15, 0.2) is 0 Å². The van der Waals surface area contributed by atoms with Crippen LogP contribution in [0, 0.1) is 0 Å². The molecule has 180 valence electrons. The summed E-state index contributed by atoms with van der Waals surface area (Å²) in [6.07, 6.45) is 2.82. The maximum absolute atomic E-state index is 12.2. The third-order valence-electron chi connectivity index (χ3n) is 4.56. The summed E-state index contributed by atoms with van der Waals surface area (Å²) in [5.41, 5.74) is -0.985. The summed E-state index contributed by atoms with van der Waals surface area (Å²) < 4.78 is 8.14. The van der Waals surface area contributed by atoms with E-state index in [9.17, 15) is 19.2 Å². The molecule has 0 saturated carbocycles. The fourth-order valence-corrected chi connectivity index (χ4v) is 3.15. The summed E-state index contributed by atoms with van der Waals surface area (Å²) in [5, 5.41) is 2.30. The van der Waals surface area contributed by atoms with Crippen molar-refractivity contribution in [3.8, 4) is 0 Å². The molecule has 1 heterocycles. The largest absolute Gasteiger partial charge is 0.375 e. The van der Waals surface area contributed by atoms with E-state index in [1.807, 2.05) is 27.7 Å². The molecule has 4 amide bonds. The molecule has 0 bridgehead atoms. The summed E-state index contributed by atoms with van der Waals surface area (Å²) in [4.78, 5) is 48.1. The Balaban J connectivity index is 0.00000282. The zero-order valence-electron chi connectivity index (χ0n) is 19.6. The Morgan fingerprint density at radius 2 is 1.68 bits per heavy atom.